The number of hydrogen-bond acceptors (Lipinski definition) is 4. The van der Waals surface area contributed by atoms with Crippen LogP contribution in [0.3, 0.4) is 0 Å². The summed E-state index contributed by atoms with van der Waals surface area (Å²) >= 11 is 0. The first kappa shape index (κ1) is 15.4. The third-order valence-corrected chi connectivity index (χ3v) is 3.98. The number of amides is 1. The highest BCUT2D eigenvalue weighted by Crippen LogP contribution is 2.19. The quantitative estimate of drug-likeness (QED) is 0.690. The van der Waals surface area contributed by atoms with Gasteiger partial charge in [-0.25, -0.2) is 0 Å². The van der Waals surface area contributed by atoms with Crippen LogP contribution in [0.4, 0.5) is 0 Å². The summed E-state index contributed by atoms with van der Waals surface area (Å²) in [4.78, 5) is 13.8. The molecule has 5 nitrogen and oxygen atoms in total. The molecule has 1 saturated heterocycles. The van der Waals surface area contributed by atoms with Crippen molar-refractivity contribution in [3.05, 3.63) is 0 Å². The zero-order valence-corrected chi connectivity index (χ0v) is 12.0. The Morgan fingerprint density at radius 2 is 2.28 bits per heavy atom. The second kappa shape index (κ2) is 6.50. The second-order valence-electron chi connectivity index (χ2n) is 5.39. The molecule has 0 bridgehead atoms. The Bertz CT molecular complexity index is 285. The van der Waals surface area contributed by atoms with Crippen molar-refractivity contribution in [2.24, 2.45) is 5.73 Å². The van der Waals surface area contributed by atoms with E-state index >= 15 is 0 Å². The Hall–Kier alpha value is -0.650. The standard InChI is InChI=1S/C13H27N3O2/c1-5-15-13(3,12(14)17)7-8-16(4)11-6-9-18-10(11)2/h10-11,15H,5-9H2,1-4H3,(H2,14,17). The van der Waals surface area contributed by atoms with Crippen LogP contribution in [-0.4, -0.2) is 55.2 Å². The van der Waals surface area contributed by atoms with Crippen molar-refractivity contribution in [1.82, 2.24) is 10.2 Å². The van der Waals surface area contributed by atoms with E-state index in [0.717, 1.165) is 32.5 Å². The van der Waals surface area contributed by atoms with Crippen LogP contribution in [0.2, 0.25) is 0 Å². The molecule has 1 heterocycles. The average Bonchev–Trinajstić information content (AvgIpc) is 2.72. The summed E-state index contributed by atoms with van der Waals surface area (Å²) in [5.74, 6) is -0.284. The SMILES string of the molecule is CCNC(C)(CCN(C)C1CCOC1C)C(N)=O. The number of rotatable bonds is 7. The molecule has 1 rings (SSSR count). The van der Waals surface area contributed by atoms with Gasteiger partial charge in [0.15, 0.2) is 0 Å². The zero-order chi connectivity index (χ0) is 13.8. The molecule has 0 saturated carbocycles. The third-order valence-electron chi connectivity index (χ3n) is 3.98. The normalized spacial score (nSPS) is 27.4. The first-order chi connectivity index (χ1) is 8.40. The minimum Gasteiger partial charge on any atom is -0.377 e. The van der Waals surface area contributed by atoms with Gasteiger partial charge in [-0.15, -0.1) is 0 Å². The van der Waals surface area contributed by atoms with Crippen molar-refractivity contribution in [2.45, 2.75) is 51.3 Å². The molecule has 5 heteroatoms. The Morgan fingerprint density at radius 1 is 1.61 bits per heavy atom. The highest BCUT2D eigenvalue weighted by atomic mass is 16.5. The second-order valence-corrected chi connectivity index (χ2v) is 5.39. The van der Waals surface area contributed by atoms with Gasteiger partial charge in [-0.2, -0.15) is 0 Å². The van der Waals surface area contributed by atoms with Gasteiger partial charge < -0.3 is 20.7 Å². The molecule has 3 N–H and O–H groups in total. The minimum absolute atomic E-state index is 0.272. The smallest absolute Gasteiger partial charge is 0.237 e. The van der Waals surface area contributed by atoms with Crippen molar-refractivity contribution < 1.29 is 9.53 Å². The average molecular weight is 257 g/mol. The number of carbonyl (C=O) groups excluding carboxylic acids is 1. The lowest BCUT2D eigenvalue weighted by Crippen LogP contribution is -2.55. The molecule has 0 aliphatic carbocycles. The molecule has 1 aliphatic heterocycles. The summed E-state index contributed by atoms with van der Waals surface area (Å²) in [5.41, 5.74) is 4.86. The molecule has 1 fully saturated rings. The van der Waals surface area contributed by atoms with Crippen LogP contribution in [0.5, 0.6) is 0 Å². The summed E-state index contributed by atoms with van der Waals surface area (Å²) in [6, 6.07) is 0.448. The number of carbonyl (C=O) groups is 1. The van der Waals surface area contributed by atoms with Crippen LogP contribution in [0.25, 0.3) is 0 Å². The lowest BCUT2D eigenvalue weighted by molar-refractivity contribution is -0.124. The van der Waals surface area contributed by atoms with Crippen LogP contribution in [0.15, 0.2) is 0 Å². The summed E-state index contributed by atoms with van der Waals surface area (Å²) in [6.07, 6.45) is 2.05. The summed E-state index contributed by atoms with van der Waals surface area (Å²) in [6.45, 7) is 8.37. The van der Waals surface area contributed by atoms with Crippen LogP contribution in [0.1, 0.15) is 33.6 Å². The van der Waals surface area contributed by atoms with E-state index in [-0.39, 0.29) is 12.0 Å². The molecule has 1 aliphatic rings. The van der Waals surface area contributed by atoms with E-state index in [1.165, 1.54) is 0 Å². The maximum Gasteiger partial charge on any atom is 0.237 e. The molecule has 0 aromatic heterocycles. The Labute approximate surface area is 110 Å². The fourth-order valence-electron chi connectivity index (χ4n) is 2.55. The van der Waals surface area contributed by atoms with E-state index in [9.17, 15) is 4.79 Å². The lowest BCUT2D eigenvalue weighted by Gasteiger charge is -2.32. The molecule has 3 unspecified atom stereocenters. The molecule has 106 valence electrons. The van der Waals surface area contributed by atoms with Crippen molar-refractivity contribution in [3.8, 4) is 0 Å². The van der Waals surface area contributed by atoms with Gasteiger partial charge in [0.2, 0.25) is 5.91 Å². The van der Waals surface area contributed by atoms with E-state index in [4.69, 9.17) is 10.5 Å². The van der Waals surface area contributed by atoms with E-state index < -0.39 is 5.54 Å². The predicted molar refractivity (Wildman–Crippen MR) is 72.3 cm³/mol. The molecule has 0 aromatic rings. The number of primary amides is 1. The fourth-order valence-corrected chi connectivity index (χ4v) is 2.55. The number of nitrogens with zero attached hydrogens (tertiary/aromatic N) is 1. The molecule has 0 aromatic carbocycles. The van der Waals surface area contributed by atoms with Gasteiger partial charge in [0.1, 0.15) is 0 Å². The molecule has 1 amide bonds. The van der Waals surface area contributed by atoms with Crippen LogP contribution in [-0.2, 0) is 9.53 Å². The summed E-state index contributed by atoms with van der Waals surface area (Å²) in [5, 5.41) is 3.18. The van der Waals surface area contributed by atoms with E-state index in [0.29, 0.717) is 6.04 Å². The number of ether oxygens (including phenoxy) is 1. The van der Waals surface area contributed by atoms with Gasteiger partial charge in [-0.05, 0) is 40.3 Å². The zero-order valence-electron chi connectivity index (χ0n) is 12.0. The van der Waals surface area contributed by atoms with Gasteiger partial charge in [-0.3, -0.25) is 4.79 Å². The first-order valence-electron chi connectivity index (χ1n) is 6.77. The van der Waals surface area contributed by atoms with Gasteiger partial charge in [-0.1, -0.05) is 6.92 Å². The molecular weight excluding hydrogens is 230 g/mol. The summed E-state index contributed by atoms with van der Waals surface area (Å²) in [7, 11) is 2.09. The minimum atomic E-state index is -0.619. The number of nitrogens with two attached hydrogens (primary N) is 1. The fraction of sp³-hybridized carbons (Fsp3) is 0.923. The monoisotopic (exact) mass is 257 g/mol. The van der Waals surface area contributed by atoms with Crippen molar-refractivity contribution >= 4 is 5.91 Å². The first-order valence-corrected chi connectivity index (χ1v) is 6.77. The van der Waals surface area contributed by atoms with E-state index in [2.05, 4.69) is 24.2 Å². The van der Waals surface area contributed by atoms with Crippen LogP contribution in [0, 0.1) is 0 Å². The maximum atomic E-state index is 11.5. The third kappa shape index (κ3) is 3.67. The van der Waals surface area contributed by atoms with Crippen LogP contribution < -0.4 is 11.1 Å². The molecular formula is C13H27N3O2. The predicted octanol–water partition coefficient (Wildman–Crippen LogP) is 0.339. The number of nitrogens with one attached hydrogen (secondary N) is 1. The molecule has 3 atom stereocenters. The highest BCUT2D eigenvalue weighted by Gasteiger charge is 2.32. The van der Waals surface area contributed by atoms with Gasteiger partial charge in [0, 0.05) is 19.2 Å². The lowest BCUT2D eigenvalue weighted by atomic mass is 9.96. The Kier molecular flexibility index (Phi) is 5.56. The van der Waals surface area contributed by atoms with Crippen molar-refractivity contribution in [1.29, 1.82) is 0 Å². The Balaban J connectivity index is 2.49. The van der Waals surface area contributed by atoms with E-state index in [1.807, 2.05) is 13.8 Å². The largest absolute Gasteiger partial charge is 0.377 e. The number of likely N-dealkylation sites (N-methyl/N-ethyl adjacent to an activating group) is 2. The van der Waals surface area contributed by atoms with Crippen molar-refractivity contribution in [2.75, 3.05) is 26.7 Å². The maximum absolute atomic E-state index is 11.5. The van der Waals surface area contributed by atoms with Gasteiger partial charge in [0.25, 0.3) is 0 Å². The van der Waals surface area contributed by atoms with Gasteiger partial charge >= 0.3 is 0 Å². The molecule has 18 heavy (non-hydrogen) atoms. The Morgan fingerprint density at radius 3 is 2.72 bits per heavy atom. The van der Waals surface area contributed by atoms with E-state index in [1.54, 1.807) is 0 Å². The van der Waals surface area contributed by atoms with Crippen molar-refractivity contribution in [3.63, 3.8) is 0 Å². The number of hydrogen-bond donors (Lipinski definition) is 2. The topological polar surface area (TPSA) is 67.6 Å². The highest BCUT2D eigenvalue weighted by molar-refractivity contribution is 5.84. The molecule has 0 radical (unpaired) electrons. The summed E-state index contributed by atoms with van der Waals surface area (Å²) < 4.78 is 5.56. The van der Waals surface area contributed by atoms with Crippen LogP contribution >= 0.6 is 0 Å². The molecule has 0 spiro atoms. The van der Waals surface area contributed by atoms with Gasteiger partial charge in [0.05, 0.1) is 11.6 Å².